The van der Waals surface area contributed by atoms with Gasteiger partial charge in [0.15, 0.2) is 5.82 Å². The summed E-state index contributed by atoms with van der Waals surface area (Å²) in [6, 6.07) is -1.40. The zero-order valence-corrected chi connectivity index (χ0v) is 11.2. The molecule has 3 N–H and O–H groups in total. The largest absolute Gasteiger partial charge is 0.481 e. The molecule has 1 unspecified atom stereocenters. The first-order valence-corrected chi connectivity index (χ1v) is 6.07. The summed E-state index contributed by atoms with van der Waals surface area (Å²) in [5, 5.41) is 19.9. The van der Waals surface area contributed by atoms with Gasteiger partial charge in [-0.3, -0.25) is 9.59 Å². The van der Waals surface area contributed by atoms with Crippen molar-refractivity contribution >= 4 is 17.8 Å². The molecule has 0 aromatic carbocycles. The van der Waals surface area contributed by atoms with E-state index in [9.17, 15) is 14.4 Å². The van der Waals surface area contributed by atoms with E-state index in [-0.39, 0.29) is 11.7 Å². The second-order valence-corrected chi connectivity index (χ2v) is 4.76. The van der Waals surface area contributed by atoms with Crippen LogP contribution in [-0.2, 0) is 16.1 Å². The molecule has 1 rings (SSSR count). The minimum absolute atomic E-state index is 0.165. The normalized spacial score (nSPS) is 12.2. The van der Waals surface area contributed by atoms with Gasteiger partial charge in [0.25, 0.3) is 5.56 Å². The molecule has 0 fully saturated rings. The summed E-state index contributed by atoms with van der Waals surface area (Å²) in [5.41, 5.74) is -0.474. The summed E-state index contributed by atoms with van der Waals surface area (Å²) in [7, 11) is 0. The smallest absolute Gasteiger partial charge is 0.326 e. The molecule has 8 heteroatoms. The van der Waals surface area contributed by atoms with E-state index in [0.29, 0.717) is 6.54 Å². The molecule has 0 amide bonds. The van der Waals surface area contributed by atoms with Gasteiger partial charge in [-0.2, -0.15) is 0 Å². The molecule has 0 bridgehead atoms. The molecule has 8 nitrogen and oxygen atoms in total. The number of rotatable bonds is 7. The first-order valence-electron chi connectivity index (χ1n) is 6.07. The number of carbonyl (C=O) groups is 2. The number of carboxylic acids is 2. The van der Waals surface area contributed by atoms with Gasteiger partial charge >= 0.3 is 11.9 Å². The maximum Gasteiger partial charge on any atom is 0.326 e. The maximum absolute atomic E-state index is 12.0. The van der Waals surface area contributed by atoms with Gasteiger partial charge < -0.3 is 20.1 Å². The molecule has 1 atom stereocenters. The van der Waals surface area contributed by atoms with E-state index in [2.05, 4.69) is 10.3 Å². The van der Waals surface area contributed by atoms with Gasteiger partial charge in [-0.15, -0.1) is 0 Å². The van der Waals surface area contributed by atoms with Crippen molar-refractivity contribution in [2.24, 2.45) is 5.92 Å². The number of nitrogens with zero attached hydrogens (tertiary/aromatic N) is 2. The highest BCUT2D eigenvalue weighted by molar-refractivity contribution is 5.83. The van der Waals surface area contributed by atoms with Gasteiger partial charge in [0.2, 0.25) is 0 Å². The molecule has 0 aliphatic carbocycles. The Balaban J connectivity index is 2.98. The van der Waals surface area contributed by atoms with Gasteiger partial charge in [-0.1, -0.05) is 13.8 Å². The summed E-state index contributed by atoms with van der Waals surface area (Å²) in [6.45, 7) is 4.33. The number of nitrogens with one attached hydrogen (secondary N) is 1. The summed E-state index contributed by atoms with van der Waals surface area (Å²) in [4.78, 5) is 37.4. The van der Waals surface area contributed by atoms with Crippen molar-refractivity contribution in [3.63, 3.8) is 0 Å². The lowest BCUT2D eigenvalue weighted by Gasteiger charge is -2.14. The van der Waals surface area contributed by atoms with E-state index in [1.807, 2.05) is 13.8 Å². The topological polar surface area (TPSA) is 122 Å². The first-order chi connectivity index (χ1) is 9.31. The summed E-state index contributed by atoms with van der Waals surface area (Å²) < 4.78 is 1.40. The Kier molecular flexibility index (Phi) is 5.24. The Hall–Kier alpha value is -2.38. The molecular weight excluding hydrogens is 266 g/mol. The highest BCUT2D eigenvalue weighted by atomic mass is 16.4. The van der Waals surface area contributed by atoms with Crippen molar-refractivity contribution in [1.82, 2.24) is 9.55 Å². The number of aliphatic carboxylic acids is 2. The first kappa shape index (κ1) is 15.7. The predicted octanol–water partition coefficient (Wildman–Crippen LogP) is 0.239. The summed E-state index contributed by atoms with van der Waals surface area (Å²) >= 11 is 0. The SMILES string of the molecule is CC(C)Cn1ccnc(NC(CC(=O)O)C(=O)O)c1=O. The van der Waals surface area contributed by atoms with Gasteiger partial charge in [0, 0.05) is 18.9 Å². The Morgan fingerprint density at radius 2 is 2.05 bits per heavy atom. The highest BCUT2D eigenvalue weighted by Gasteiger charge is 2.22. The van der Waals surface area contributed by atoms with Crippen LogP contribution in [0.4, 0.5) is 5.82 Å². The maximum atomic E-state index is 12.0. The van der Waals surface area contributed by atoms with Gasteiger partial charge in [-0.05, 0) is 5.92 Å². The Morgan fingerprint density at radius 3 is 2.55 bits per heavy atom. The van der Waals surface area contributed by atoms with Crippen LogP contribution in [0.3, 0.4) is 0 Å². The molecule has 1 aromatic heterocycles. The Labute approximate surface area is 115 Å². The second-order valence-electron chi connectivity index (χ2n) is 4.76. The minimum atomic E-state index is -1.40. The zero-order valence-electron chi connectivity index (χ0n) is 11.2. The van der Waals surface area contributed by atoms with Crippen LogP contribution in [0.1, 0.15) is 20.3 Å². The second kappa shape index (κ2) is 6.69. The van der Waals surface area contributed by atoms with Crippen LogP contribution >= 0.6 is 0 Å². The number of hydrogen-bond acceptors (Lipinski definition) is 5. The number of carboxylic acid groups (broad SMARTS) is 2. The molecule has 0 saturated heterocycles. The molecular formula is C12H17N3O5. The van der Waals surface area contributed by atoms with Crippen molar-refractivity contribution in [2.75, 3.05) is 5.32 Å². The third-order valence-electron chi connectivity index (χ3n) is 2.46. The highest BCUT2D eigenvalue weighted by Crippen LogP contribution is 2.03. The Morgan fingerprint density at radius 1 is 1.40 bits per heavy atom. The third-order valence-corrected chi connectivity index (χ3v) is 2.46. The van der Waals surface area contributed by atoms with E-state index in [0.717, 1.165) is 0 Å². The van der Waals surface area contributed by atoms with Crippen LogP contribution in [0.5, 0.6) is 0 Å². The zero-order chi connectivity index (χ0) is 15.3. The molecule has 1 heterocycles. The number of hydrogen-bond donors (Lipinski definition) is 3. The lowest BCUT2D eigenvalue weighted by molar-refractivity contribution is -0.144. The number of aromatic nitrogens is 2. The monoisotopic (exact) mass is 283 g/mol. The molecule has 1 aromatic rings. The molecule has 0 radical (unpaired) electrons. The van der Waals surface area contributed by atoms with Gasteiger partial charge in [0.1, 0.15) is 6.04 Å². The van der Waals surface area contributed by atoms with Crippen LogP contribution in [0.15, 0.2) is 17.2 Å². The average molecular weight is 283 g/mol. The molecule has 0 saturated carbocycles. The van der Waals surface area contributed by atoms with Crippen LogP contribution < -0.4 is 10.9 Å². The van der Waals surface area contributed by atoms with E-state index < -0.39 is 30.0 Å². The lowest BCUT2D eigenvalue weighted by Crippen LogP contribution is -2.36. The van der Waals surface area contributed by atoms with Crippen molar-refractivity contribution in [3.8, 4) is 0 Å². The van der Waals surface area contributed by atoms with Crippen molar-refractivity contribution in [3.05, 3.63) is 22.7 Å². The standard InChI is InChI=1S/C12H17N3O5/c1-7(2)6-15-4-3-13-10(11(15)18)14-8(12(19)20)5-9(16)17/h3-4,7-8H,5-6H2,1-2H3,(H,13,14)(H,16,17)(H,19,20). The van der Waals surface area contributed by atoms with Crippen molar-refractivity contribution in [1.29, 1.82) is 0 Å². The fourth-order valence-electron chi connectivity index (χ4n) is 1.62. The quantitative estimate of drug-likeness (QED) is 0.655. The molecule has 110 valence electrons. The fourth-order valence-corrected chi connectivity index (χ4v) is 1.62. The Bertz CT molecular complexity index is 552. The molecule has 20 heavy (non-hydrogen) atoms. The summed E-state index contributed by atoms with van der Waals surface area (Å²) in [5.74, 6) is -2.56. The van der Waals surface area contributed by atoms with Crippen LogP contribution in [-0.4, -0.2) is 37.7 Å². The summed E-state index contributed by atoms with van der Waals surface area (Å²) in [6.07, 6.45) is 2.22. The lowest BCUT2D eigenvalue weighted by atomic mass is 10.2. The van der Waals surface area contributed by atoms with Crippen molar-refractivity contribution < 1.29 is 19.8 Å². The number of anilines is 1. The van der Waals surface area contributed by atoms with Crippen LogP contribution in [0.25, 0.3) is 0 Å². The average Bonchev–Trinajstić information content (AvgIpc) is 2.32. The van der Waals surface area contributed by atoms with Crippen LogP contribution in [0, 0.1) is 5.92 Å². The predicted molar refractivity (Wildman–Crippen MR) is 70.6 cm³/mol. The fraction of sp³-hybridized carbons (Fsp3) is 0.500. The van der Waals surface area contributed by atoms with E-state index in [4.69, 9.17) is 10.2 Å². The van der Waals surface area contributed by atoms with E-state index in [1.165, 1.54) is 17.0 Å². The minimum Gasteiger partial charge on any atom is -0.481 e. The third kappa shape index (κ3) is 4.38. The van der Waals surface area contributed by atoms with Gasteiger partial charge in [0.05, 0.1) is 6.42 Å². The molecule has 0 spiro atoms. The molecule has 0 aliphatic heterocycles. The van der Waals surface area contributed by atoms with E-state index >= 15 is 0 Å². The van der Waals surface area contributed by atoms with E-state index in [1.54, 1.807) is 0 Å². The van der Waals surface area contributed by atoms with Crippen LogP contribution in [0.2, 0.25) is 0 Å². The molecule has 0 aliphatic rings. The van der Waals surface area contributed by atoms with Gasteiger partial charge in [-0.25, -0.2) is 9.78 Å². The van der Waals surface area contributed by atoms with Crippen molar-refractivity contribution in [2.45, 2.75) is 32.9 Å².